The molecule has 18 heavy (non-hydrogen) atoms. The van der Waals surface area contributed by atoms with E-state index < -0.39 is 15.1 Å². The molecule has 0 aliphatic rings. The predicted octanol–water partition coefficient (Wildman–Crippen LogP) is 3.02. The number of hydrogen-bond acceptors (Lipinski definition) is 3. The Morgan fingerprint density at radius 3 is 2.50 bits per heavy atom. The minimum Gasteiger partial charge on any atom is -0.327 e. The Kier molecular flexibility index (Phi) is 5.63. The van der Waals surface area contributed by atoms with Gasteiger partial charge in [-0.1, -0.05) is 37.9 Å². The lowest BCUT2D eigenvalue weighted by Gasteiger charge is -2.22. The average Bonchev–Trinajstić information content (AvgIpc) is 2.30. The maximum atomic E-state index is 12.5. The molecule has 3 nitrogen and oxygen atoms in total. The summed E-state index contributed by atoms with van der Waals surface area (Å²) in [5, 5.41) is -0.120. The van der Waals surface area contributed by atoms with Crippen molar-refractivity contribution in [3.05, 3.63) is 29.3 Å². The van der Waals surface area contributed by atoms with Gasteiger partial charge in [0.25, 0.3) is 0 Å². The molecule has 2 N–H and O–H groups in total. The molecule has 0 spiro atoms. The quantitative estimate of drug-likeness (QED) is 0.876. The van der Waals surface area contributed by atoms with Gasteiger partial charge in [-0.05, 0) is 31.0 Å². The van der Waals surface area contributed by atoms with E-state index in [4.69, 9.17) is 17.3 Å². The fourth-order valence-corrected chi connectivity index (χ4v) is 4.29. The van der Waals surface area contributed by atoms with E-state index >= 15 is 0 Å². The molecular formula is C13H20ClNO2S. The third-order valence-corrected chi connectivity index (χ3v) is 5.65. The van der Waals surface area contributed by atoms with Crippen LogP contribution in [0, 0.1) is 0 Å². The van der Waals surface area contributed by atoms with Crippen molar-refractivity contribution in [2.75, 3.05) is 0 Å². The summed E-state index contributed by atoms with van der Waals surface area (Å²) in [7, 11) is -3.40. The number of rotatable bonds is 6. The van der Waals surface area contributed by atoms with E-state index in [1.807, 2.05) is 13.8 Å². The van der Waals surface area contributed by atoms with Crippen molar-refractivity contribution in [2.45, 2.75) is 49.3 Å². The van der Waals surface area contributed by atoms with Crippen molar-refractivity contribution in [3.63, 3.8) is 0 Å². The summed E-state index contributed by atoms with van der Waals surface area (Å²) >= 11 is 5.84. The van der Waals surface area contributed by atoms with Crippen LogP contribution in [0.5, 0.6) is 0 Å². The van der Waals surface area contributed by atoms with Crippen LogP contribution in [0.3, 0.4) is 0 Å². The van der Waals surface area contributed by atoms with E-state index in [1.54, 1.807) is 18.2 Å². The Hall–Kier alpha value is -0.580. The minimum absolute atomic E-state index is 0.258. The largest absolute Gasteiger partial charge is 0.327 e. The lowest BCUT2D eigenvalue weighted by atomic mass is 10.1. The molecular weight excluding hydrogens is 270 g/mol. The van der Waals surface area contributed by atoms with Crippen molar-refractivity contribution < 1.29 is 8.42 Å². The van der Waals surface area contributed by atoms with Crippen LogP contribution in [-0.2, 0) is 9.84 Å². The molecule has 0 saturated carbocycles. The molecule has 5 heteroatoms. The maximum absolute atomic E-state index is 12.5. The molecule has 0 amide bonds. The molecule has 0 aliphatic carbocycles. The minimum atomic E-state index is -3.40. The molecule has 0 heterocycles. The van der Waals surface area contributed by atoms with Crippen LogP contribution < -0.4 is 5.73 Å². The number of sulfone groups is 1. The summed E-state index contributed by atoms with van der Waals surface area (Å²) in [6.07, 6.45) is 2.09. The van der Waals surface area contributed by atoms with Crippen LogP contribution in [0.1, 0.15) is 33.1 Å². The zero-order valence-corrected chi connectivity index (χ0v) is 12.3. The van der Waals surface area contributed by atoms with Gasteiger partial charge >= 0.3 is 0 Å². The second-order valence-corrected chi connectivity index (χ2v) is 7.00. The molecule has 1 aromatic rings. The zero-order chi connectivity index (χ0) is 13.8. The molecule has 0 bridgehead atoms. The monoisotopic (exact) mass is 289 g/mol. The standard InChI is InChI=1S/C13H20ClNO2S/c1-3-6-12(15)13(4-2)18(16,17)11-8-5-7-10(14)9-11/h5,7-9,12-13H,3-4,6,15H2,1-2H3. The highest BCUT2D eigenvalue weighted by molar-refractivity contribution is 7.92. The van der Waals surface area contributed by atoms with Crippen molar-refractivity contribution in [2.24, 2.45) is 5.73 Å². The van der Waals surface area contributed by atoms with Gasteiger partial charge in [0.1, 0.15) is 0 Å². The molecule has 0 saturated heterocycles. The fraction of sp³-hybridized carbons (Fsp3) is 0.538. The van der Waals surface area contributed by atoms with Crippen LogP contribution >= 0.6 is 11.6 Å². The predicted molar refractivity (Wildman–Crippen MR) is 75.6 cm³/mol. The van der Waals surface area contributed by atoms with Gasteiger partial charge in [-0.3, -0.25) is 0 Å². The average molecular weight is 290 g/mol. The normalized spacial score (nSPS) is 15.3. The van der Waals surface area contributed by atoms with E-state index in [1.165, 1.54) is 6.07 Å². The molecule has 0 aliphatic heterocycles. The van der Waals surface area contributed by atoms with Gasteiger partial charge in [-0.2, -0.15) is 0 Å². The Balaban J connectivity index is 3.11. The first-order valence-electron chi connectivity index (χ1n) is 6.18. The third kappa shape index (κ3) is 3.46. The molecule has 0 aromatic heterocycles. The van der Waals surface area contributed by atoms with Crippen molar-refractivity contribution >= 4 is 21.4 Å². The lowest BCUT2D eigenvalue weighted by Crippen LogP contribution is -2.40. The molecule has 2 unspecified atom stereocenters. The van der Waals surface area contributed by atoms with Crippen LogP contribution in [-0.4, -0.2) is 19.7 Å². The van der Waals surface area contributed by atoms with Gasteiger partial charge in [-0.15, -0.1) is 0 Å². The van der Waals surface area contributed by atoms with Crippen molar-refractivity contribution in [1.29, 1.82) is 0 Å². The Labute approximate surface area is 114 Å². The Bertz CT molecular complexity index is 488. The van der Waals surface area contributed by atoms with Gasteiger partial charge in [0.15, 0.2) is 9.84 Å². The molecule has 0 radical (unpaired) electrons. The number of nitrogens with two attached hydrogens (primary N) is 1. The zero-order valence-electron chi connectivity index (χ0n) is 10.8. The third-order valence-electron chi connectivity index (χ3n) is 3.03. The van der Waals surface area contributed by atoms with E-state index in [-0.39, 0.29) is 10.9 Å². The topological polar surface area (TPSA) is 60.2 Å². The molecule has 1 aromatic carbocycles. The maximum Gasteiger partial charge on any atom is 0.182 e. The second-order valence-electron chi connectivity index (χ2n) is 4.40. The van der Waals surface area contributed by atoms with Gasteiger partial charge in [0.2, 0.25) is 0 Å². The van der Waals surface area contributed by atoms with Gasteiger partial charge in [0.05, 0.1) is 10.1 Å². The van der Waals surface area contributed by atoms with E-state index in [0.717, 1.165) is 6.42 Å². The second kappa shape index (κ2) is 6.55. The highest BCUT2D eigenvalue weighted by Crippen LogP contribution is 2.24. The lowest BCUT2D eigenvalue weighted by molar-refractivity contribution is 0.516. The van der Waals surface area contributed by atoms with E-state index in [0.29, 0.717) is 17.9 Å². The Morgan fingerprint density at radius 2 is 2.00 bits per heavy atom. The summed E-state index contributed by atoms with van der Waals surface area (Å²) < 4.78 is 25.0. The highest BCUT2D eigenvalue weighted by Gasteiger charge is 2.30. The van der Waals surface area contributed by atoms with Crippen LogP contribution in [0.25, 0.3) is 0 Å². The first kappa shape index (κ1) is 15.5. The van der Waals surface area contributed by atoms with E-state index in [9.17, 15) is 8.42 Å². The van der Waals surface area contributed by atoms with Crippen LogP contribution in [0.15, 0.2) is 29.2 Å². The summed E-state index contributed by atoms with van der Waals surface area (Å²) in [5.41, 5.74) is 5.99. The molecule has 2 atom stereocenters. The van der Waals surface area contributed by atoms with Crippen molar-refractivity contribution in [1.82, 2.24) is 0 Å². The summed E-state index contributed by atoms with van der Waals surface area (Å²) in [5.74, 6) is 0. The summed E-state index contributed by atoms with van der Waals surface area (Å²) in [6, 6.07) is 6.03. The first-order chi connectivity index (χ1) is 8.43. The molecule has 1 rings (SSSR count). The number of benzene rings is 1. The van der Waals surface area contributed by atoms with Crippen LogP contribution in [0.2, 0.25) is 5.02 Å². The van der Waals surface area contributed by atoms with Gasteiger partial charge < -0.3 is 5.73 Å². The number of hydrogen-bond donors (Lipinski definition) is 1. The molecule has 102 valence electrons. The van der Waals surface area contributed by atoms with Crippen LogP contribution in [0.4, 0.5) is 0 Å². The summed E-state index contributed by atoms with van der Waals surface area (Å²) in [6.45, 7) is 3.85. The molecule has 0 fully saturated rings. The Morgan fingerprint density at radius 1 is 1.33 bits per heavy atom. The number of halogens is 1. The van der Waals surface area contributed by atoms with Crippen molar-refractivity contribution in [3.8, 4) is 0 Å². The first-order valence-corrected chi connectivity index (χ1v) is 8.11. The SMILES string of the molecule is CCCC(N)C(CC)S(=O)(=O)c1cccc(Cl)c1. The van der Waals surface area contributed by atoms with Gasteiger partial charge in [-0.25, -0.2) is 8.42 Å². The smallest absolute Gasteiger partial charge is 0.182 e. The summed E-state index contributed by atoms with van der Waals surface area (Å²) in [4.78, 5) is 0.258. The fourth-order valence-electron chi connectivity index (χ4n) is 2.09. The van der Waals surface area contributed by atoms with Gasteiger partial charge in [0, 0.05) is 11.1 Å². The van der Waals surface area contributed by atoms with E-state index in [2.05, 4.69) is 0 Å². The highest BCUT2D eigenvalue weighted by atomic mass is 35.5.